The van der Waals surface area contributed by atoms with Gasteiger partial charge in [-0.15, -0.1) is 6.58 Å². The molecular formula is C31H29BrN2O5S. The molecular weight excluding hydrogens is 592 g/mol. The summed E-state index contributed by atoms with van der Waals surface area (Å²) in [5.74, 6) is 0.159. The van der Waals surface area contributed by atoms with E-state index in [1.807, 2.05) is 62.4 Å². The summed E-state index contributed by atoms with van der Waals surface area (Å²) < 4.78 is 13.1. The lowest BCUT2D eigenvalue weighted by atomic mass is 10.0. The van der Waals surface area contributed by atoms with Gasteiger partial charge >= 0.3 is 0 Å². The van der Waals surface area contributed by atoms with Gasteiger partial charge in [0.1, 0.15) is 13.2 Å². The summed E-state index contributed by atoms with van der Waals surface area (Å²) in [5, 5.41) is 2.24. The van der Waals surface area contributed by atoms with E-state index in [0.717, 1.165) is 37.8 Å². The van der Waals surface area contributed by atoms with Crippen LogP contribution in [0.25, 0.3) is 6.08 Å². The van der Waals surface area contributed by atoms with E-state index in [-0.39, 0.29) is 11.4 Å². The van der Waals surface area contributed by atoms with Gasteiger partial charge in [0, 0.05) is 15.7 Å². The molecule has 0 bridgehead atoms. The summed E-state index contributed by atoms with van der Waals surface area (Å²) >= 11 is 4.24. The second-order valence-electron chi connectivity index (χ2n) is 9.03. The van der Waals surface area contributed by atoms with Crippen molar-refractivity contribution >= 4 is 56.5 Å². The van der Waals surface area contributed by atoms with Crippen molar-refractivity contribution in [1.82, 2.24) is 4.90 Å². The van der Waals surface area contributed by atoms with E-state index in [9.17, 15) is 14.4 Å². The number of thioether (sulfide) groups is 1. The summed E-state index contributed by atoms with van der Waals surface area (Å²) in [5.41, 5.74) is 4.10. The molecule has 1 aliphatic rings. The maximum atomic E-state index is 13.1. The first-order valence-corrected chi connectivity index (χ1v) is 14.3. The number of allylic oxidation sites excluding steroid dienone is 1. The van der Waals surface area contributed by atoms with Gasteiger partial charge in [-0.25, -0.2) is 0 Å². The van der Waals surface area contributed by atoms with Gasteiger partial charge < -0.3 is 14.8 Å². The molecule has 1 heterocycles. The van der Waals surface area contributed by atoms with Crippen LogP contribution in [0.2, 0.25) is 0 Å². The van der Waals surface area contributed by atoms with Gasteiger partial charge in [-0.3, -0.25) is 19.3 Å². The quantitative estimate of drug-likeness (QED) is 0.181. The smallest absolute Gasteiger partial charge is 0.294 e. The largest absolute Gasteiger partial charge is 0.490 e. The van der Waals surface area contributed by atoms with Crippen LogP contribution in [-0.2, 0) is 22.6 Å². The molecule has 3 amide bonds. The molecule has 0 unspecified atom stereocenters. The average molecular weight is 622 g/mol. The number of aryl methyl sites for hydroxylation is 1. The Morgan fingerprint density at radius 2 is 1.88 bits per heavy atom. The molecule has 3 aromatic rings. The Balaban J connectivity index is 1.54. The minimum absolute atomic E-state index is 0.226. The molecule has 0 saturated carbocycles. The number of hydrogen-bond donors (Lipinski definition) is 1. The number of halogens is 1. The van der Waals surface area contributed by atoms with E-state index in [1.165, 1.54) is 0 Å². The van der Waals surface area contributed by atoms with Crippen molar-refractivity contribution < 1.29 is 23.9 Å². The maximum absolute atomic E-state index is 13.1. The summed E-state index contributed by atoms with van der Waals surface area (Å²) in [6.07, 6.45) is 3.91. The van der Waals surface area contributed by atoms with E-state index < -0.39 is 17.1 Å². The minimum Gasteiger partial charge on any atom is -0.490 e. The second-order valence-corrected chi connectivity index (χ2v) is 10.9. The number of rotatable bonds is 11. The molecule has 3 aromatic carbocycles. The highest BCUT2D eigenvalue weighted by Crippen LogP contribution is 2.38. The van der Waals surface area contributed by atoms with Gasteiger partial charge in [0.05, 0.1) is 11.5 Å². The van der Waals surface area contributed by atoms with Gasteiger partial charge in [0.25, 0.3) is 11.1 Å². The Bertz CT molecular complexity index is 1470. The number of anilines is 1. The van der Waals surface area contributed by atoms with Crippen molar-refractivity contribution in [3.8, 4) is 11.5 Å². The van der Waals surface area contributed by atoms with Gasteiger partial charge in [0.15, 0.2) is 11.5 Å². The zero-order valence-corrected chi connectivity index (χ0v) is 24.6. The average Bonchev–Trinajstić information content (AvgIpc) is 3.16. The number of amides is 3. The number of carbonyl (C=O) groups excluding carboxylic acids is 3. The highest BCUT2D eigenvalue weighted by atomic mass is 79.9. The molecule has 0 aliphatic carbocycles. The third-order valence-corrected chi connectivity index (χ3v) is 7.33. The molecule has 0 atom stereocenters. The van der Waals surface area contributed by atoms with E-state index >= 15 is 0 Å². The summed E-state index contributed by atoms with van der Waals surface area (Å²) in [6, 6.07) is 18.8. The van der Waals surface area contributed by atoms with Crippen LogP contribution in [0.4, 0.5) is 10.5 Å². The standard InChI is InChI=1S/C31H29BrN2O5S/c1-4-7-23-15-22(16-26(38-5-2)29(23)39-19-21-10-12-24(32)13-11-21)17-27-30(36)34(31(37)40-27)18-28(35)33-25-9-6-8-20(3)14-25/h4,6,8-17H,1,5,7,18-19H2,2-3H3,(H,33,35)/b27-17-. The molecule has 1 fully saturated rings. The number of nitrogens with zero attached hydrogens (tertiary/aromatic N) is 1. The number of carbonyl (C=O) groups is 3. The zero-order valence-electron chi connectivity index (χ0n) is 22.2. The monoisotopic (exact) mass is 620 g/mol. The predicted molar refractivity (Wildman–Crippen MR) is 162 cm³/mol. The van der Waals surface area contributed by atoms with Crippen LogP contribution in [0.1, 0.15) is 29.2 Å². The lowest BCUT2D eigenvalue weighted by Crippen LogP contribution is -2.36. The van der Waals surface area contributed by atoms with Crippen molar-refractivity contribution in [1.29, 1.82) is 0 Å². The zero-order chi connectivity index (χ0) is 28.6. The van der Waals surface area contributed by atoms with E-state index in [1.54, 1.807) is 24.3 Å². The molecule has 1 aliphatic heterocycles. The molecule has 9 heteroatoms. The molecule has 0 radical (unpaired) electrons. The molecule has 1 N–H and O–H groups in total. The fourth-order valence-electron chi connectivity index (χ4n) is 4.09. The van der Waals surface area contributed by atoms with Crippen LogP contribution in [0.15, 0.2) is 82.7 Å². The minimum atomic E-state index is -0.520. The molecule has 7 nitrogen and oxygen atoms in total. The topological polar surface area (TPSA) is 84.9 Å². The van der Waals surface area contributed by atoms with Crippen LogP contribution in [-0.4, -0.2) is 35.1 Å². The van der Waals surface area contributed by atoms with Crippen LogP contribution in [0.5, 0.6) is 11.5 Å². The summed E-state index contributed by atoms with van der Waals surface area (Å²) in [4.78, 5) is 39.5. The molecule has 1 saturated heterocycles. The third kappa shape index (κ3) is 7.43. The van der Waals surface area contributed by atoms with Crippen molar-refractivity contribution in [2.24, 2.45) is 0 Å². The van der Waals surface area contributed by atoms with Crippen LogP contribution >= 0.6 is 27.7 Å². The fourth-order valence-corrected chi connectivity index (χ4v) is 5.19. The van der Waals surface area contributed by atoms with Crippen molar-refractivity contribution in [3.63, 3.8) is 0 Å². The number of ether oxygens (including phenoxy) is 2. The van der Waals surface area contributed by atoms with Crippen molar-refractivity contribution in [2.45, 2.75) is 26.9 Å². The predicted octanol–water partition coefficient (Wildman–Crippen LogP) is 7.14. The first kappa shape index (κ1) is 29.2. The van der Waals surface area contributed by atoms with E-state index in [0.29, 0.717) is 42.4 Å². The maximum Gasteiger partial charge on any atom is 0.294 e. The number of imide groups is 1. The van der Waals surface area contributed by atoms with E-state index in [2.05, 4.69) is 27.8 Å². The van der Waals surface area contributed by atoms with Crippen molar-refractivity contribution in [3.05, 3.63) is 105 Å². The normalized spacial score (nSPS) is 14.0. The van der Waals surface area contributed by atoms with Gasteiger partial charge in [-0.05, 0) is 91.2 Å². The van der Waals surface area contributed by atoms with Crippen LogP contribution in [0, 0.1) is 6.92 Å². The first-order valence-electron chi connectivity index (χ1n) is 12.7. The molecule has 206 valence electrons. The Morgan fingerprint density at radius 1 is 1.10 bits per heavy atom. The second kappa shape index (κ2) is 13.5. The van der Waals surface area contributed by atoms with Crippen LogP contribution in [0.3, 0.4) is 0 Å². The Kier molecular flexibility index (Phi) is 9.84. The number of hydrogen-bond acceptors (Lipinski definition) is 6. The SMILES string of the molecule is C=CCc1cc(/C=C2\SC(=O)N(CC(=O)Nc3cccc(C)c3)C2=O)cc(OCC)c1OCc1ccc(Br)cc1. The molecule has 0 aromatic heterocycles. The highest BCUT2D eigenvalue weighted by Gasteiger charge is 2.36. The summed E-state index contributed by atoms with van der Waals surface area (Å²) in [6.45, 7) is 8.05. The number of benzene rings is 3. The van der Waals surface area contributed by atoms with Gasteiger partial charge in [-0.1, -0.05) is 46.3 Å². The fraction of sp³-hybridized carbons (Fsp3) is 0.194. The third-order valence-electron chi connectivity index (χ3n) is 5.89. The van der Waals surface area contributed by atoms with Gasteiger partial charge in [-0.2, -0.15) is 0 Å². The molecule has 0 spiro atoms. The first-order chi connectivity index (χ1) is 19.3. The lowest BCUT2D eigenvalue weighted by molar-refractivity contribution is -0.127. The molecule has 4 rings (SSSR count). The van der Waals surface area contributed by atoms with E-state index in [4.69, 9.17) is 9.47 Å². The Morgan fingerprint density at radius 3 is 2.58 bits per heavy atom. The highest BCUT2D eigenvalue weighted by molar-refractivity contribution is 9.10. The number of nitrogens with one attached hydrogen (secondary N) is 1. The Labute approximate surface area is 246 Å². The van der Waals surface area contributed by atoms with Gasteiger partial charge in [0.2, 0.25) is 5.91 Å². The molecule has 40 heavy (non-hydrogen) atoms. The lowest BCUT2D eigenvalue weighted by Gasteiger charge is -2.17. The van der Waals surface area contributed by atoms with Crippen LogP contribution < -0.4 is 14.8 Å². The summed E-state index contributed by atoms with van der Waals surface area (Å²) in [7, 11) is 0. The Hall–Kier alpha value is -3.82. The van der Waals surface area contributed by atoms with Crippen molar-refractivity contribution in [2.75, 3.05) is 18.5 Å².